The molecule has 6 nitrogen and oxygen atoms in total. The average molecular weight is 267 g/mol. The first kappa shape index (κ1) is 12.5. The molecule has 0 N–H and O–H groups in total. The predicted octanol–water partition coefficient (Wildman–Crippen LogP) is 1.80. The van der Waals surface area contributed by atoms with Gasteiger partial charge in [0.05, 0.1) is 6.61 Å². The van der Waals surface area contributed by atoms with Crippen molar-refractivity contribution in [2.45, 2.75) is 13.8 Å². The highest BCUT2D eigenvalue weighted by atomic mass is 35.5. The molecule has 2 aromatic heterocycles. The van der Waals surface area contributed by atoms with Crippen molar-refractivity contribution in [3.8, 4) is 5.82 Å². The fraction of sp³-hybridized carbons (Fsp3) is 0.273. The van der Waals surface area contributed by atoms with E-state index in [2.05, 4.69) is 15.1 Å². The van der Waals surface area contributed by atoms with Crippen molar-refractivity contribution < 1.29 is 9.53 Å². The Bertz CT molecular complexity index is 582. The van der Waals surface area contributed by atoms with Gasteiger partial charge in [0, 0.05) is 18.0 Å². The highest BCUT2D eigenvalue weighted by molar-refractivity contribution is 6.28. The molecule has 7 heteroatoms. The Morgan fingerprint density at radius 3 is 3.00 bits per heavy atom. The van der Waals surface area contributed by atoms with Gasteiger partial charge < -0.3 is 4.74 Å². The highest BCUT2D eigenvalue weighted by Gasteiger charge is 2.14. The van der Waals surface area contributed by atoms with Gasteiger partial charge in [-0.05, 0) is 31.5 Å². The minimum atomic E-state index is -0.459. The standard InChI is InChI=1S/C11H11ClN4O2/c1-3-18-10(17)8-6-7(2)16(15-8)9-4-5-13-11(12)14-9/h4-6H,3H2,1-2H3. The van der Waals surface area contributed by atoms with E-state index in [4.69, 9.17) is 16.3 Å². The first-order valence-corrected chi connectivity index (χ1v) is 5.72. The predicted molar refractivity (Wildman–Crippen MR) is 64.9 cm³/mol. The van der Waals surface area contributed by atoms with Gasteiger partial charge in [-0.2, -0.15) is 10.1 Å². The second kappa shape index (κ2) is 5.14. The lowest BCUT2D eigenvalue weighted by Gasteiger charge is -2.02. The second-order valence-electron chi connectivity index (χ2n) is 3.49. The monoisotopic (exact) mass is 266 g/mol. The number of halogens is 1. The molecule has 0 aliphatic rings. The van der Waals surface area contributed by atoms with E-state index < -0.39 is 5.97 Å². The van der Waals surface area contributed by atoms with Gasteiger partial charge in [-0.1, -0.05) is 0 Å². The fourth-order valence-electron chi connectivity index (χ4n) is 1.46. The molecule has 2 rings (SSSR count). The summed E-state index contributed by atoms with van der Waals surface area (Å²) in [7, 11) is 0. The van der Waals surface area contributed by atoms with E-state index in [1.54, 1.807) is 19.1 Å². The number of carbonyl (C=O) groups excluding carboxylic acids is 1. The molecule has 0 aromatic carbocycles. The summed E-state index contributed by atoms with van der Waals surface area (Å²) < 4.78 is 6.40. The highest BCUT2D eigenvalue weighted by Crippen LogP contribution is 2.12. The van der Waals surface area contributed by atoms with E-state index in [0.717, 1.165) is 5.69 Å². The first-order chi connectivity index (χ1) is 8.61. The van der Waals surface area contributed by atoms with E-state index >= 15 is 0 Å². The number of hydrogen-bond donors (Lipinski definition) is 0. The van der Waals surface area contributed by atoms with Crippen molar-refractivity contribution in [2.24, 2.45) is 0 Å². The van der Waals surface area contributed by atoms with Crippen LogP contribution in [0.2, 0.25) is 5.28 Å². The zero-order chi connectivity index (χ0) is 13.1. The Hall–Kier alpha value is -1.95. The third-order valence-corrected chi connectivity index (χ3v) is 2.38. The van der Waals surface area contributed by atoms with Crippen molar-refractivity contribution in [3.63, 3.8) is 0 Å². The molecule has 0 radical (unpaired) electrons. The Morgan fingerprint density at radius 2 is 2.33 bits per heavy atom. The quantitative estimate of drug-likeness (QED) is 0.626. The van der Waals surface area contributed by atoms with Crippen LogP contribution in [0.15, 0.2) is 18.3 Å². The van der Waals surface area contributed by atoms with E-state index in [0.29, 0.717) is 12.4 Å². The third kappa shape index (κ3) is 2.48. The van der Waals surface area contributed by atoms with Crippen molar-refractivity contribution in [1.82, 2.24) is 19.7 Å². The molecule has 2 aromatic rings. The average Bonchev–Trinajstić information content (AvgIpc) is 2.72. The molecule has 0 saturated heterocycles. The lowest BCUT2D eigenvalue weighted by molar-refractivity contribution is 0.0519. The topological polar surface area (TPSA) is 69.9 Å². The number of hydrogen-bond acceptors (Lipinski definition) is 5. The van der Waals surface area contributed by atoms with Gasteiger partial charge in [0.25, 0.3) is 0 Å². The number of rotatable bonds is 3. The van der Waals surface area contributed by atoms with Crippen LogP contribution in [0.3, 0.4) is 0 Å². The zero-order valence-electron chi connectivity index (χ0n) is 9.92. The fourth-order valence-corrected chi connectivity index (χ4v) is 1.60. The molecule has 0 fully saturated rings. The van der Waals surface area contributed by atoms with Crippen molar-refractivity contribution in [2.75, 3.05) is 6.61 Å². The van der Waals surface area contributed by atoms with Crippen LogP contribution in [0, 0.1) is 6.92 Å². The van der Waals surface area contributed by atoms with Gasteiger partial charge in [0.15, 0.2) is 11.5 Å². The molecule has 18 heavy (non-hydrogen) atoms. The number of aryl methyl sites for hydroxylation is 1. The lowest BCUT2D eigenvalue weighted by Crippen LogP contribution is -2.07. The second-order valence-corrected chi connectivity index (χ2v) is 3.83. The van der Waals surface area contributed by atoms with Crippen molar-refractivity contribution in [1.29, 1.82) is 0 Å². The number of aromatic nitrogens is 4. The van der Waals surface area contributed by atoms with Crippen molar-refractivity contribution >= 4 is 17.6 Å². The maximum atomic E-state index is 11.6. The Labute approximate surface area is 109 Å². The molecule has 0 saturated carbocycles. The van der Waals surface area contributed by atoms with Gasteiger partial charge in [0.1, 0.15) is 0 Å². The van der Waals surface area contributed by atoms with E-state index in [-0.39, 0.29) is 11.0 Å². The van der Waals surface area contributed by atoms with Crippen LogP contribution < -0.4 is 0 Å². The van der Waals surface area contributed by atoms with Crippen LogP contribution in [-0.2, 0) is 4.74 Å². The van der Waals surface area contributed by atoms with Gasteiger partial charge >= 0.3 is 5.97 Å². The SMILES string of the molecule is CCOC(=O)c1cc(C)n(-c2ccnc(Cl)n2)n1. The van der Waals surface area contributed by atoms with Gasteiger partial charge in [-0.25, -0.2) is 14.5 Å². The van der Waals surface area contributed by atoms with E-state index in [9.17, 15) is 4.79 Å². The van der Waals surface area contributed by atoms with Crippen LogP contribution in [0.1, 0.15) is 23.1 Å². The minimum absolute atomic E-state index is 0.125. The normalized spacial score (nSPS) is 10.4. The maximum Gasteiger partial charge on any atom is 0.358 e. The van der Waals surface area contributed by atoms with Gasteiger partial charge in [-0.3, -0.25) is 0 Å². The number of ether oxygens (including phenoxy) is 1. The van der Waals surface area contributed by atoms with Crippen LogP contribution >= 0.6 is 11.6 Å². The summed E-state index contributed by atoms with van der Waals surface area (Å²) in [5.41, 5.74) is 0.997. The van der Waals surface area contributed by atoms with E-state index in [1.807, 2.05) is 6.92 Å². The van der Waals surface area contributed by atoms with Crippen LogP contribution in [0.5, 0.6) is 0 Å². The Morgan fingerprint density at radius 1 is 1.56 bits per heavy atom. The van der Waals surface area contributed by atoms with E-state index in [1.165, 1.54) is 10.9 Å². The summed E-state index contributed by atoms with van der Waals surface area (Å²) in [6, 6.07) is 3.29. The largest absolute Gasteiger partial charge is 0.461 e. The molecule has 94 valence electrons. The third-order valence-electron chi connectivity index (χ3n) is 2.20. The summed E-state index contributed by atoms with van der Waals surface area (Å²) in [5, 5.41) is 4.26. The number of carbonyl (C=O) groups is 1. The molecular formula is C11H11ClN4O2. The lowest BCUT2D eigenvalue weighted by atomic mass is 10.4. The van der Waals surface area contributed by atoms with Gasteiger partial charge in [0.2, 0.25) is 5.28 Å². The molecule has 0 aliphatic heterocycles. The summed E-state index contributed by atoms with van der Waals surface area (Å²) in [4.78, 5) is 19.4. The zero-order valence-corrected chi connectivity index (χ0v) is 10.7. The molecule has 0 amide bonds. The maximum absolute atomic E-state index is 11.6. The van der Waals surface area contributed by atoms with Crippen LogP contribution in [0.4, 0.5) is 0 Å². The summed E-state index contributed by atoms with van der Waals surface area (Å²) in [6.07, 6.45) is 1.52. The molecule has 0 spiro atoms. The molecule has 0 atom stereocenters. The van der Waals surface area contributed by atoms with Crippen LogP contribution in [0.25, 0.3) is 5.82 Å². The summed E-state index contributed by atoms with van der Waals surface area (Å²) in [5.74, 6) is 0.0440. The molecular weight excluding hydrogens is 256 g/mol. The van der Waals surface area contributed by atoms with Crippen LogP contribution in [-0.4, -0.2) is 32.3 Å². The Balaban J connectivity index is 2.38. The molecule has 0 aliphatic carbocycles. The summed E-state index contributed by atoms with van der Waals surface area (Å²) >= 11 is 5.71. The molecule has 2 heterocycles. The number of esters is 1. The summed E-state index contributed by atoms with van der Waals surface area (Å²) in [6.45, 7) is 3.86. The molecule has 0 bridgehead atoms. The Kier molecular flexibility index (Phi) is 3.57. The van der Waals surface area contributed by atoms with Gasteiger partial charge in [-0.15, -0.1) is 0 Å². The van der Waals surface area contributed by atoms with Crippen molar-refractivity contribution in [3.05, 3.63) is 35.0 Å². The first-order valence-electron chi connectivity index (χ1n) is 5.34. The minimum Gasteiger partial charge on any atom is -0.461 e. The smallest absolute Gasteiger partial charge is 0.358 e. The number of nitrogens with zero attached hydrogens (tertiary/aromatic N) is 4. The molecule has 0 unspecified atom stereocenters.